The zero-order chi connectivity index (χ0) is 14.0. The molecule has 0 bridgehead atoms. The van der Waals surface area contributed by atoms with Gasteiger partial charge in [-0.1, -0.05) is 24.6 Å². The van der Waals surface area contributed by atoms with Crippen molar-refractivity contribution in [3.8, 4) is 5.75 Å². The molecule has 19 heavy (non-hydrogen) atoms. The molecule has 0 radical (unpaired) electrons. The van der Waals surface area contributed by atoms with Gasteiger partial charge in [0.15, 0.2) is 0 Å². The van der Waals surface area contributed by atoms with Crippen LogP contribution < -0.4 is 4.74 Å². The molecule has 0 N–H and O–H groups in total. The molecular weight excluding hydrogens is 253 g/mol. The summed E-state index contributed by atoms with van der Waals surface area (Å²) in [6, 6.07) is 6.29. The van der Waals surface area contributed by atoms with Gasteiger partial charge in [0.2, 0.25) is 0 Å². The number of rotatable bonds is 3. The molecule has 1 aromatic carbocycles. The Hall–Kier alpha value is -1.45. The van der Waals surface area contributed by atoms with Crippen LogP contribution in [0.5, 0.6) is 5.75 Å². The lowest BCUT2D eigenvalue weighted by Gasteiger charge is -2.26. The molecule has 0 aromatic heterocycles. The molecule has 1 aliphatic carbocycles. The Kier molecular flexibility index (Phi) is 3.88. The molecule has 1 nitrogen and oxygen atoms in total. The predicted octanol–water partition coefficient (Wildman–Crippen LogP) is 5.01. The maximum Gasteiger partial charge on any atom is 0.425 e. The fraction of sp³-hybridized carbons (Fsp3) is 0.467. The predicted molar refractivity (Wildman–Crippen MR) is 67.9 cm³/mol. The fourth-order valence-electron chi connectivity index (χ4n) is 2.18. The van der Waals surface area contributed by atoms with Gasteiger partial charge in [0.1, 0.15) is 11.6 Å². The van der Waals surface area contributed by atoms with Gasteiger partial charge in [-0.25, -0.2) is 4.39 Å². The lowest BCUT2D eigenvalue weighted by molar-refractivity contribution is -0.147. The van der Waals surface area contributed by atoms with E-state index >= 15 is 0 Å². The third-order valence-corrected chi connectivity index (χ3v) is 3.36. The summed E-state index contributed by atoms with van der Waals surface area (Å²) in [6.07, 6.45) is -2.89. The van der Waals surface area contributed by atoms with E-state index in [1.807, 2.05) is 13.8 Å². The van der Waals surface area contributed by atoms with Crippen LogP contribution in [0, 0.1) is 12.8 Å². The highest BCUT2D eigenvalue weighted by atomic mass is 19.3. The van der Waals surface area contributed by atoms with Crippen LogP contribution in [0.25, 0.3) is 0 Å². The lowest BCUT2D eigenvalue weighted by Crippen LogP contribution is -2.30. The molecule has 0 spiro atoms. The Bertz CT molecular complexity index is 477. The highest BCUT2D eigenvalue weighted by molar-refractivity contribution is 5.28. The molecule has 0 heterocycles. The molecular formula is C15H17F3O. The van der Waals surface area contributed by atoms with Gasteiger partial charge in [0, 0.05) is 6.42 Å². The van der Waals surface area contributed by atoms with Gasteiger partial charge < -0.3 is 4.74 Å². The van der Waals surface area contributed by atoms with Crippen LogP contribution in [0.3, 0.4) is 0 Å². The van der Waals surface area contributed by atoms with Gasteiger partial charge in [-0.15, -0.1) is 0 Å². The number of alkyl halides is 2. The number of hydrogen-bond acceptors (Lipinski definition) is 1. The maximum atomic E-state index is 14.0. The van der Waals surface area contributed by atoms with Crippen LogP contribution in [-0.2, 0) is 0 Å². The first kappa shape index (κ1) is 14.0. The van der Waals surface area contributed by atoms with Crippen LogP contribution in [0.1, 0.15) is 31.7 Å². The second kappa shape index (κ2) is 5.27. The van der Waals surface area contributed by atoms with Gasteiger partial charge in [0.25, 0.3) is 0 Å². The van der Waals surface area contributed by atoms with E-state index in [-0.39, 0.29) is 24.5 Å². The van der Waals surface area contributed by atoms with Crippen molar-refractivity contribution in [1.82, 2.24) is 0 Å². The first-order valence-electron chi connectivity index (χ1n) is 6.40. The SMILES string of the molecule is Cc1ccc(OC(F)(F)C2=C(F)CC(C)CC2)cc1. The highest BCUT2D eigenvalue weighted by Gasteiger charge is 2.41. The highest BCUT2D eigenvalue weighted by Crippen LogP contribution is 2.39. The molecule has 2 rings (SSSR count). The molecule has 1 atom stereocenters. The summed E-state index contributed by atoms with van der Waals surface area (Å²) in [7, 11) is 0. The Morgan fingerprint density at radius 1 is 1.21 bits per heavy atom. The van der Waals surface area contributed by atoms with Crippen molar-refractivity contribution >= 4 is 0 Å². The van der Waals surface area contributed by atoms with E-state index in [0.717, 1.165) is 5.56 Å². The molecule has 4 heteroatoms. The Morgan fingerprint density at radius 2 is 1.84 bits per heavy atom. The van der Waals surface area contributed by atoms with Gasteiger partial charge in [-0.3, -0.25) is 0 Å². The summed E-state index contributed by atoms with van der Waals surface area (Å²) in [6.45, 7) is 3.71. The van der Waals surface area contributed by atoms with E-state index < -0.39 is 17.5 Å². The average molecular weight is 270 g/mol. The van der Waals surface area contributed by atoms with E-state index in [4.69, 9.17) is 0 Å². The van der Waals surface area contributed by atoms with Crippen molar-refractivity contribution in [2.75, 3.05) is 0 Å². The number of halogens is 3. The standard InChI is InChI=1S/C15H17F3O/c1-10-3-6-12(7-4-10)19-15(17,18)13-8-5-11(2)9-14(13)16/h3-4,6-7,11H,5,8-9H2,1-2H3. The zero-order valence-electron chi connectivity index (χ0n) is 11.1. The third-order valence-electron chi connectivity index (χ3n) is 3.36. The first-order valence-corrected chi connectivity index (χ1v) is 6.40. The van der Waals surface area contributed by atoms with Gasteiger partial charge in [0.05, 0.1) is 5.57 Å². The van der Waals surface area contributed by atoms with Crippen molar-refractivity contribution in [2.45, 2.75) is 39.2 Å². The Labute approximate surface area is 111 Å². The minimum atomic E-state index is -3.57. The molecule has 1 aromatic rings. The maximum absolute atomic E-state index is 14.0. The van der Waals surface area contributed by atoms with Gasteiger partial charge in [-0.05, 0) is 37.8 Å². The van der Waals surface area contributed by atoms with E-state index in [1.165, 1.54) is 12.1 Å². The van der Waals surface area contributed by atoms with Crippen LogP contribution in [0.15, 0.2) is 35.7 Å². The molecule has 0 saturated carbocycles. The summed E-state index contributed by atoms with van der Waals surface area (Å²) >= 11 is 0. The number of ether oxygens (including phenoxy) is 1. The van der Waals surface area contributed by atoms with Crippen LogP contribution in [-0.4, -0.2) is 6.11 Å². The normalized spacial score (nSPS) is 20.6. The number of allylic oxidation sites excluding steroid dienone is 1. The minimum absolute atomic E-state index is 0.0475. The molecule has 1 aliphatic rings. The number of hydrogen-bond donors (Lipinski definition) is 0. The summed E-state index contributed by atoms with van der Waals surface area (Å²) in [5, 5.41) is 0. The minimum Gasteiger partial charge on any atom is -0.429 e. The number of benzene rings is 1. The Morgan fingerprint density at radius 3 is 2.42 bits per heavy atom. The quantitative estimate of drug-likeness (QED) is 0.750. The van der Waals surface area contributed by atoms with Crippen molar-refractivity contribution in [3.63, 3.8) is 0 Å². The molecule has 0 amide bonds. The largest absolute Gasteiger partial charge is 0.429 e. The topological polar surface area (TPSA) is 9.23 Å². The smallest absolute Gasteiger partial charge is 0.425 e. The van der Waals surface area contributed by atoms with Crippen LogP contribution >= 0.6 is 0 Å². The third kappa shape index (κ3) is 3.31. The molecule has 0 aliphatic heterocycles. The molecule has 0 saturated heterocycles. The van der Waals surface area contributed by atoms with E-state index in [2.05, 4.69) is 4.74 Å². The van der Waals surface area contributed by atoms with Crippen molar-refractivity contribution in [2.24, 2.45) is 5.92 Å². The summed E-state index contributed by atoms with van der Waals surface area (Å²) < 4.78 is 46.3. The second-order valence-electron chi connectivity index (χ2n) is 5.16. The van der Waals surface area contributed by atoms with Crippen LogP contribution in [0.2, 0.25) is 0 Å². The lowest BCUT2D eigenvalue weighted by atomic mass is 9.89. The van der Waals surface area contributed by atoms with Gasteiger partial charge in [-0.2, -0.15) is 8.78 Å². The second-order valence-corrected chi connectivity index (χ2v) is 5.16. The summed E-state index contributed by atoms with van der Waals surface area (Å²) in [5.74, 6) is -0.565. The number of aryl methyl sites for hydroxylation is 1. The van der Waals surface area contributed by atoms with Crippen molar-refractivity contribution in [3.05, 3.63) is 41.2 Å². The first-order chi connectivity index (χ1) is 8.88. The van der Waals surface area contributed by atoms with Crippen molar-refractivity contribution in [1.29, 1.82) is 0 Å². The summed E-state index contributed by atoms with van der Waals surface area (Å²) in [5.41, 5.74) is 0.443. The van der Waals surface area contributed by atoms with Crippen LogP contribution in [0.4, 0.5) is 13.2 Å². The molecule has 1 unspecified atom stereocenters. The molecule has 104 valence electrons. The van der Waals surface area contributed by atoms with Gasteiger partial charge >= 0.3 is 6.11 Å². The summed E-state index contributed by atoms with van der Waals surface area (Å²) in [4.78, 5) is 0. The fourth-order valence-corrected chi connectivity index (χ4v) is 2.18. The van der Waals surface area contributed by atoms with E-state index in [0.29, 0.717) is 6.42 Å². The zero-order valence-corrected chi connectivity index (χ0v) is 11.1. The van der Waals surface area contributed by atoms with E-state index in [9.17, 15) is 13.2 Å². The monoisotopic (exact) mass is 270 g/mol. The molecule has 0 fully saturated rings. The van der Waals surface area contributed by atoms with Crippen molar-refractivity contribution < 1.29 is 17.9 Å². The average Bonchev–Trinajstić information content (AvgIpc) is 2.31. The van der Waals surface area contributed by atoms with E-state index in [1.54, 1.807) is 12.1 Å². The Balaban J connectivity index is 2.18.